The molecule has 0 bridgehead atoms. The topological polar surface area (TPSA) is 0 Å². The molecular formula is C22H26S12. The molecular weight excluding hydrogens is 649 g/mol. The van der Waals surface area contributed by atoms with Gasteiger partial charge in [-0.1, -0.05) is 0 Å². The Balaban J connectivity index is 1.75. The molecule has 2 aliphatic rings. The van der Waals surface area contributed by atoms with Crippen LogP contribution in [0.4, 0.5) is 0 Å². The third-order valence-corrected chi connectivity index (χ3v) is 19.8. The molecule has 0 unspecified atom stereocenters. The van der Waals surface area contributed by atoms with Crippen LogP contribution in [-0.4, -0.2) is 59.2 Å². The maximum atomic E-state index is 2.25. The smallest absolute Gasteiger partial charge is 0.0815 e. The predicted octanol–water partition coefficient (Wildman–Crippen LogP) is 11.2. The van der Waals surface area contributed by atoms with Crippen molar-refractivity contribution in [3.63, 3.8) is 0 Å². The Kier molecular flexibility index (Phi) is 11.6. The van der Waals surface area contributed by atoms with E-state index in [4.69, 9.17) is 0 Å². The Morgan fingerprint density at radius 3 is 0.647 bits per heavy atom. The summed E-state index contributed by atoms with van der Waals surface area (Å²) in [5.74, 6) is 0. The standard InChI is InChI=1S/C22H26S12/c1-23-9-10(24-2)14(28-6)18-17(13(9)27-5)31-21(32-18)22-33-19-15(29-7)11(25-3)12(26-4)16(30-8)20(19)34-22/h21-22H,1-8H3. The van der Waals surface area contributed by atoms with E-state index in [-0.39, 0.29) is 0 Å². The number of fused-ring (bicyclic) bond motifs is 2. The highest BCUT2D eigenvalue weighted by Gasteiger charge is 2.42. The van der Waals surface area contributed by atoms with Gasteiger partial charge in [0.25, 0.3) is 0 Å². The Morgan fingerprint density at radius 1 is 0.324 bits per heavy atom. The minimum atomic E-state index is 0.515. The van der Waals surface area contributed by atoms with Crippen LogP contribution >= 0.6 is 141 Å². The van der Waals surface area contributed by atoms with Gasteiger partial charge in [-0.15, -0.1) is 141 Å². The summed E-state index contributed by atoms with van der Waals surface area (Å²) in [6.07, 6.45) is 17.9. The fraction of sp³-hybridized carbons (Fsp3) is 0.455. The monoisotopic (exact) mass is 674 g/mol. The zero-order chi connectivity index (χ0) is 24.6. The van der Waals surface area contributed by atoms with Gasteiger partial charge >= 0.3 is 0 Å². The van der Waals surface area contributed by atoms with E-state index in [1.54, 1.807) is 0 Å². The molecule has 0 nitrogen and oxygen atoms in total. The summed E-state index contributed by atoms with van der Waals surface area (Å²) in [5, 5.41) is 0. The molecule has 0 atom stereocenters. The molecule has 12 heteroatoms. The lowest BCUT2D eigenvalue weighted by atomic mass is 10.3. The minimum absolute atomic E-state index is 0.515. The zero-order valence-electron chi connectivity index (χ0n) is 20.1. The third-order valence-electron chi connectivity index (χ3n) is 5.27. The van der Waals surface area contributed by atoms with Gasteiger partial charge in [0.15, 0.2) is 0 Å². The first-order chi connectivity index (χ1) is 16.5. The van der Waals surface area contributed by atoms with Crippen LogP contribution in [0.2, 0.25) is 0 Å². The average molecular weight is 675 g/mol. The van der Waals surface area contributed by atoms with Gasteiger partial charge in [-0.25, -0.2) is 0 Å². The highest BCUT2D eigenvalue weighted by atomic mass is 32.2. The van der Waals surface area contributed by atoms with Gasteiger partial charge in [0.1, 0.15) is 0 Å². The molecule has 2 heterocycles. The largest absolute Gasteiger partial charge is 0.127 e. The maximum Gasteiger partial charge on any atom is 0.0815 e. The highest BCUT2D eigenvalue weighted by molar-refractivity contribution is 8.26. The van der Waals surface area contributed by atoms with Gasteiger partial charge in [0.2, 0.25) is 0 Å². The molecule has 0 aromatic heterocycles. The van der Waals surface area contributed by atoms with E-state index in [9.17, 15) is 0 Å². The Labute approximate surface area is 256 Å². The van der Waals surface area contributed by atoms with Gasteiger partial charge in [-0.05, 0) is 50.0 Å². The van der Waals surface area contributed by atoms with Crippen LogP contribution in [0.25, 0.3) is 0 Å². The SMILES string of the molecule is CSc1c(SC)c(SC)c2c(c1SC)SC(C1Sc3c(SC)c(SC)c(SC)c(SC)c3S1)S2. The highest BCUT2D eigenvalue weighted by Crippen LogP contribution is 2.67. The molecule has 0 saturated heterocycles. The Morgan fingerprint density at radius 2 is 0.500 bits per heavy atom. The molecule has 2 aliphatic heterocycles. The first kappa shape index (κ1) is 29.6. The predicted molar refractivity (Wildman–Crippen MR) is 178 cm³/mol. The van der Waals surface area contributed by atoms with Crippen molar-refractivity contribution in [1.82, 2.24) is 0 Å². The van der Waals surface area contributed by atoms with Crippen LogP contribution in [0.3, 0.4) is 0 Å². The molecule has 2 aromatic rings. The lowest BCUT2D eigenvalue weighted by Crippen LogP contribution is -2.06. The second-order valence-corrected chi connectivity index (χ2v) is 18.5. The molecule has 0 radical (unpaired) electrons. The third kappa shape index (κ3) is 5.22. The normalized spacial score (nSPS) is 15.9. The van der Waals surface area contributed by atoms with E-state index in [0.29, 0.717) is 9.16 Å². The first-order valence-electron chi connectivity index (χ1n) is 9.99. The molecule has 0 N–H and O–H groups in total. The van der Waals surface area contributed by atoms with Crippen molar-refractivity contribution < 1.29 is 0 Å². The summed E-state index contributed by atoms with van der Waals surface area (Å²) in [6, 6.07) is 0. The molecule has 2 aromatic carbocycles. The van der Waals surface area contributed by atoms with E-state index in [0.717, 1.165) is 0 Å². The number of rotatable bonds is 9. The van der Waals surface area contributed by atoms with Crippen LogP contribution in [0.5, 0.6) is 0 Å². The molecule has 186 valence electrons. The average Bonchev–Trinajstić information content (AvgIpc) is 3.50. The summed E-state index contributed by atoms with van der Waals surface area (Å²) >= 11 is 23.8. The molecule has 34 heavy (non-hydrogen) atoms. The van der Waals surface area contributed by atoms with Crippen molar-refractivity contribution >= 4 is 141 Å². The minimum Gasteiger partial charge on any atom is -0.127 e. The summed E-state index contributed by atoms with van der Waals surface area (Å²) in [5.41, 5.74) is 0. The van der Waals surface area contributed by atoms with Crippen molar-refractivity contribution in [2.24, 2.45) is 0 Å². The van der Waals surface area contributed by atoms with Gasteiger partial charge in [0.05, 0.1) is 9.16 Å². The maximum absolute atomic E-state index is 2.25. The van der Waals surface area contributed by atoms with Crippen molar-refractivity contribution in [3.8, 4) is 0 Å². The van der Waals surface area contributed by atoms with Crippen molar-refractivity contribution in [1.29, 1.82) is 0 Å². The van der Waals surface area contributed by atoms with E-state index >= 15 is 0 Å². The fourth-order valence-electron chi connectivity index (χ4n) is 3.88. The summed E-state index contributed by atoms with van der Waals surface area (Å²) in [4.78, 5) is 17.9. The van der Waals surface area contributed by atoms with Gasteiger partial charge in [-0.3, -0.25) is 0 Å². The Bertz CT molecular complexity index is 916. The van der Waals surface area contributed by atoms with Crippen LogP contribution < -0.4 is 0 Å². The number of benzene rings is 2. The second kappa shape index (κ2) is 13.3. The summed E-state index contributed by atoms with van der Waals surface area (Å²) < 4.78 is 1.03. The lowest BCUT2D eigenvalue weighted by Gasteiger charge is -2.18. The van der Waals surface area contributed by atoms with E-state index in [2.05, 4.69) is 97.1 Å². The molecule has 0 aliphatic carbocycles. The number of hydrogen-bond donors (Lipinski definition) is 0. The molecule has 0 saturated carbocycles. The van der Waals surface area contributed by atoms with Crippen LogP contribution in [-0.2, 0) is 0 Å². The number of hydrogen-bond acceptors (Lipinski definition) is 12. The van der Waals surface area contributed by atoms with Crippen molar-refractivity contribution in [2.45, 2.75) is 67.9 Å². The Hall–Kier alpha value is 2.64. The van der Waals surface area contributed by atoms with E-state index < -0.39 is 0 Å². The fourth-order valence-corrected chi connectivity index (χ4v) is 20.3. The van der Waals surface area contributed by atoms with Crippen LogP contribution in [0.1, 0.15) is 0 Å². The molecule has 0 amide bonds. The van der Waals surface area contributed by atoms with Crippen LogP contribution in [0.15, 0.2) is 58.7 Å². The first-order valence-corrected chi connectivity index (χ1v) is 23.3. The molecule has 4 rings (SSSR count). The van der Waals surface area contributed by atoms with Gasteiger partial charge < -0.3 is 0 Å². The summed E-state index contributed by atoms with van der Waals surface area (Å²) in [7, 11) is 0. The quantitative estimate of drug-likeness (QED) is 0.232. The molecule has 0 fully saturated rings. The molecule has 0 spiro atoms. The van der Waals surface area contributed by atoms with Crippen molar-refractivity contribution in [3.05, 3.63) is 0 Å². The van der Waals surface area contributed by atoms with Crippen molar-refractivity contribution in [2.75, 3.05) is 50.0 Å². The zero-order valence-corrected chi connectivity index (χ0v) is 29.9. The van der Waals surface area contributed by atoms with Gasteiger partial charge in [0, 0.05) is 58.7 Å². The number of thioether (sulfide) groups is 12. The van der Waals surface area contributed by atoms with E-state index in [1.165, 1.54) is 58.7 Å². The summed E-state index contributed by atoms with van der Waals surface area (Å²) in [6.45, 7) is 0. The van der Waals surface area contributed by atoms with Gasteiger partial charge in [-0.2, -0.15) is 0 Å². The van der Waals surface area contributed by atoms with Crippen LogP contribution in [0, 0.1) is 0 Å². The second-order valence-electron chi connectivity index (χ2n) is 6.79. The lowest BCUT2D eigenvalue weighted by molar-refractivity contribution is 0.884. The van der Waals surface area contributed by atoms with E-state index in [1.807, 2.05) is 94.1 Å².